The van der Waals surface area contributed by atoms with E-state index in [0.717, 1.165) is 4.88 Å². The molecule has 1 heterocycles. The Labute approximate surface area is 96.6 Å². The second kappa shape index (κ2) is 5.41. The fourth-order valence-electron chi connectivity index (χ4n) is 1.23. The van der Waals surface area contributed by atoms with Crippen LogP contribution in [0.3, 0.4) is 0 Å². The molecule has 6 heteroatoms. The Balaban J connectivity index is 3.14. The van der Waals surface area contributed by atoms with Crippen LogP contribution in [0.25, 0.3) is 0 Å². The van der Waals surface area contributed by atoms with Crippen LogP contribution in [-0.4, -0.2) is 32.3 Å². The normalized spacial score (nSPS) is 9.62. The van der Waals surface area contributed by atoms with Crippen LogP contribution >= 0.6 is 11.3 Å². The zero-order valence-corrected chi connectivity index (χ0v) is 9.74. The highest BCUT2D eigenvalue weighted by Crippen LogP contribution is 2.29. The number of amides is 1. The molecule has 0 aromatic carbocycles. The van der Waals surface area contributed by atoms with Crippen molar-refractivity contribution in [1.82, 2.24) is 0 Å². The number of hydrogen-bond acceptors (Lipinski definition) is 5. The molecule has 5 nitrogen and oxygen atoms in total. The number of hydrogen-bond donors (Lipinski definition) is 0. The standard InChI is InChI=1S/C10H11NO4S/c1-7-5-8(11(6-13)3-4-12)9(16-7)10(14)15-2/h4-6H,3H2,1-2H3. The van der Waals surface area contributed by atoms with Crippen molar-refractivity contribution >= 4 is 35.7 Å². The minimum atomic E-state index is -0.508. The fraction of sp³-hybridized carbons (Fsp3) is 0.300. The van der Waals surface area contributed by atoms with Gasteiger partial charge in [0.2, 0.25) is 6.41 Å². The molecule has 1 amide bonds. The van der Waals surface area contributed by atoms with Crippen LogP contribution in [0.2, 0.25) is 0 Å². The molecule has 16 heavy (non-hydrogen) atoms. The predicted octanol–water partition coefficient (Wildman–Crippen LogP) is 1.00. The van der Waals surface area contributed by atoms with Gasteiger partial charge in [0.25, 0.3) is 0 Å². The fourth-order valence-corrected chi connectivity index (χ4v) is 2.17. The zero-order valence-electron chi connectivity index (χ0n) is 8.93. The quantitative estimate of drug-likeness (QED) is 0.570. The molecule has 0 N–H and O–H groups in total. The van der Waals surface area contributed by atoms with Crippen LogP contribution in [0.4, 0.5) is 5.69 Å². The van der Waals surface area contributed by atoms with E-state index in [2.05, 4.69) is 4.74 Å². The molecule has 0 saturated heterocycles. The summed E-state index contributed by atoms with van der Waals surface area (Å²) in [4.78, 5) is 35.0. The van der Waals surface area contributed by atoms with Gasteiger partial charge in [0.15, 0.2) is 0 Å². The summed E-state index contributed by atoms with van der Waals surface area (Å²) < 4.78 is 4.60. The van der Waals surface area contributed by atoms with Gasteiger partial charge in [-0.05, 0) is 13.0 Å². The maximum absolute atomic E-state index is 11.4. The lowest BCUT2D eigenvalue weighted by Crippen LogP contribution is -2.24. The van der Waals surface area contributed by atoms with E-state index in [1.54, 1.807) is 6.07 Å². The maximum atomic E-state index is 11.4. The number of nitrogens with zero attached hydrogens (tertiary/aromatic N) is 1. The van der Waals surface area contributed by atoms with E-state index >= 15 is 0 Å². The summed E-state index contributed by atoms with van der Waals surface area (Å²) in [6, 6.07) is 1.68. The average Bonchev–Trinajstić information content (AvgIpc) is 2.67. The van der Waals surface area contributed by atoms with E-state index in [9.17, 15) is 14.4 Å². The van der Waals surface area contributed by atoms with E-state index in [0.29, 0.717) is 23.3 Å². The summed E-state index contributed by atoms with van der Waals surface area (Å²) in [6.45, 7) is 1.73. The number of esters is 1. The van der Waals surface area contributed by atoms with Gasteiger partial charge in [0, 0.05) is 4.88 Å². The minimum absolute atomic E-state index is 0.0797. The third-order valence-electron chi connectivity index (χ3n) is 1.91. The first-order valence-corrected chi connectivity index (χ1v) is 5.30. The molecule has 86 valence electrons. The van der Waals surface area contributed by atoms with Crippen molar-refractivity contribution in [2.75, 3.05) is 18.6 Å². The lowest BCUT2D eigenvalue weighted by molar-refractivity contribution is -0.111. The Hall–Kier alpha value is -1.69. The third-order valence-corrected chi connectivity index (χ3v) is 2.93. The van der Waals surface area contributed by atoms with E-state index in [1.165, 1.54) is 23.3 Å². The highest BCUT2D eigenvalue weighted by Gasteiger charge is 2.19. The van der Waals surface area contributed by atoms with Crippen molar-refractivity contribution in [3.05, 3.63) is 15.8 Å². The number of thiophene rings is 1. The van der Waals surface area contributed by atoms with Crippen molar-refractivity contribution in [2.24, 2.45) is 0 Å². The minimum Gasteiger partial charge on any atom is -0.465 e. The Morgan fingerprint density at radius 2 is 2.25 bits per heavy atom. The average molecular weight is 241 g/mol. The topological polar surface area (TPSA) is 63.7 Å². The van der Waals surface area contributed by atoms with Gasteiger partial charge in [-0.25, -0.2) is 4.79 Å². The maximum Gasteiger partial charge on any atom is 0.350 e. The van der Waals surface area contributed by atoms with Crippen LogP contribution in [0, 0.1) is 6.92 Å². The van der Waals surface area contributed by atoms with Gasteiger partial charge in [-0.2, -0.15) is 0 Å². The van der Waals surface area contributed by atoms with Crippen molar-refractivity contribution < 1.29 is 19.1 Å². The van der Waals surface area contributed by atoms with Gasteiger partial charge in [-0.3, -0.25) is 4.79 Å². The summed E-state index contributed by atoms with van der Waals surface area (Å²) in [5.41, 5.74) is 0.413. The monoisotopic (exact) mass is 241 g/mol. The second-order valence-electron chi connectivity index (χ2n) is 2.99. The number of methoxy groups -OCH3 is 1. The van der Waals surface area contributed by atoms with Gasteiger partial charge in [-0.15, -0.1) is 11.3 Å². The van der Waals surface area contributed by atoms with Crippen molar-refractivity contribution in [3.63, 3.8) is 0 Å². The third kappa shape index (κ3) is 2.46. The van der Waals surface area contributed by atoms with Gasteiger partial charge >= 0.3 is 5.97 Å². The number of ether oxygens (including phenoxy) is 1. The number of carbonyl (C=O) groups excluding carboxylic acids is 3. The molecule has 0 bridgehead atoms. The Bertz CT molecular complexity index is 413. The molecule has 1 aromatic heterocycles. The SMILES string of the molecule is COC(=O)c1sc(C)cc1N(C=O)CC=O. The predicted molar refractivity (Wildman–Crippen MR) is 59.9 cm³/mol. The van der Waals surface area contributed by atoms with E-state index in [4.69, 9.17) is 0 Å². The zero-order chi connectivity index (χ0) is 12.1. The Morgan fingerprint density at radius 1 is 1.56 bits per heavy atom. The van der Waals surface area contributed by atoms with Crippen LogP contribution in [0.5, 0.6) is 0 Å². The van der Waals surface area contributed by atoms with Gasteiger partial charge < -0.3 is 14.4 Å². The molecule has 0 aliphatic heterocycles. The molecule has 1 rings (SSSR count). The summed E-state index contributed by atoms with van der Waals surface area (Å²) in [7, 11) is 1.27. The Morgan fingerprint density at radius 3 is 2.75 bits per heavy atom. The van der Waals surface area contributed by atoms with Gasteiger partial charge in [-0.1, -0.05) is 0 Å². The summed E-state index contributed by atoms with van der Waals surface area (Å²) in [6.07, 6.45) is 1.12. The molecule has 0 spiro atoms. The molecular weight excluding hydrogens is 230 g/mol. The first-order valence-electron chi connectivity index (χ1n) is 4.48. The lowest BCUT2D eigenvalue weighted by atomic mass is 10.3. The first-order chi connectivity index (χ1) is 7.63. The largest absolute Gasteiger partial charge is 0.465 e. The van der Waals surface area contributed by atoms with Crippen molar-refractivity contribution in [2.45, 2.75) is 6.92 Å². The molecule has 0 saturated carbocycles. The number of aldehydes is 1. The molecule has 0 atom stereocenters. The molecule has 1 aromatic rings. The van der Waals surface area contributed by atoms with Crippen LogP contribution in [0.1, 0.15) is 14.5 Å². The van der Waals surface area contributed by atoms with E-state index in [-0.39, 0.29) is 6.54 Å². The van der Waals surface area contributed by atoms with Crippen molar-refractivity contribution in [3.8, 4) is 0 Å². The van der Waals surface area contributed by atoms with E-state index < -0.39 is 5.97 Å². The van der Waals surface area contributed by atoms with Crippen LogP contribution in [-0.2, 0) is 14.3 Å². The molecule has 0 aliphatic rings. The highest BCUT2D eigenvalue weighted by molar-refractivity contribution is 7.14. The molecular formula is C10H11NO4S. The summed E-state index contributed by atoms with van der Waals surface area (Å²) in [5.74, 6) is -0.508. The van der Waals surface area contributed by atoms with Crippen molar-refractivity contribution in [1.29, 1.82) is 0 Å². The number of anilines is 1. The van der Waals surface area contributed by atoms with E-state index in [1.807, 2.05) is 6.92 Å². The smallest absolute Gasteiger partial charge is 0.350 e. The lowest BCUT2D eigenvalue weighted by Gasteiger charge is -2.13. The second-order valence-corrected chi connectivity index (χ2v) is 4.24. The molecule has 0 radical (unpaired) electrons. The molecule has 0 aliphatic carbocycles. The van der Waals surface area contributed by atoms with Crippen LogP contribution < -0.4 is 4.90 Å². The number of rotatable bonds is 5. The van der Waals surface area contributed by atoms with Gasteiger partial charge in [0.1, 0.15) is 11.2 Å². The Kier molecular flexibility index (Phi) is 4.19. The van der Waals surface area contributed by atoms with Gasteiger partial charge in [0.05, 0.1) is 19.3 Å². The molecule has 0 fully saturated rings. The molecule has 0 unspecified atom stereocenters. The highest BCUT2D eigenvalue weighted by atomic mass is 32.1. The summed E-state index contributed by atoms with van der Waals surface area (Å²) in [5, 5.41) is 0. The number of aryl methyl sites for hydroxylation is 1. The summed E-state index contributed by atoms with van der Waals surface area (Å²) >= 11 is 1.23. The first kappa shape index (κ1) is 12.4. The van der Waals surface area contributed by atoms with Crippen LogP contribution in [0.15, 0.2) is 6.07 Å². The number of carbonyl (C=O) groups is 3.